The molecule has 1 unspecified atom stereocenters. The number of hydrogen-bond donors (Lipinski definition) is 2. The molecule has 4 rings (SSSR count). The summed E-state index contributed by atoms with van der Waals surface area (Å²) in [5.41, 5.74) is 1.78. The first-order chi connectivity index (χ1) is 15.8. The molecule has 1 aromatic heterocycles. The second kappa shape index (κ2) is 9.18. The minimum absolute atomic E-state index is 0.000843. The van der Waals surface area contributed by atoms with Crippen LogP contribution in [0.2, 0.25) is 5.02 Å². The second-order valence-corrected chi connectivity index (χ2v) is 8.76. The Balaban J connectivity index is 1.79. The maximum absolute atomic E-state index is 14.4. The fourth-order valence-corrected chi connectivity index (χ4v) is 4.01. The molecule has 168 valence electrons. The minimum atomic E-state index is -0.580. The fraction of sp³-hybridized carbons (Fsp3) is 0.240. The Morgan fingerprint density at radius 2 is 2.15 bits per heavy atom. The third-order valence-corrected chi connectivity index (χ3v) is 5.88. The number of nitrogens with one attached hydrogen (secondary N) is 2. The van der Waals surface area contributed by atoms with Gasteiger partial charge in [0.1, 0.15) is 12.1 Å². The van der Waals surface area contributed by atoms with E-state index < -0.39 is 5.82 Å². The molecule has 2 heterocycles. The first-order valence-electron chi connectivity index (χ1n) is 10.4. The van der Waals surface area contributed by atoms with Crippen molar-refractivity contribution < 1.29 is 9.18 Å². The summed E-state index contributed by atoms with van der Waals surface area (Å²) in [7, 11) is 2.08. The Kier molecular flexibility index (Phi) is 6.32. The smallest absolute Gasteiger partial charge is 0.247 e. The third-order valence-electron chi connectivity index (χ3n) is 5.59. The molecule has 1 atom stereocenters. The summed E-state index contributed by atoms with van der Waals surface area (Å²) in [6.07, 6.45) is 3.55. The Morgan fingerprint density at radius 3 is 2.88 bits per heavy atom. The van der Waals surface area contributed by atoms with Gasteiger partial charge in [0.25, 0.3) is 0 Å². The second-order valence-electron chi connectivity index (χ2n) is 8.36. The van der Waals surface area contributed by atoms with Crippen LogP contribution in [0.25, 0.3) is 10.9 Å². The first kappa shape index (κ1) is 22.7. The van der Waals surface area contributed by atoms with Gasteiger partial charge in [-0.15, -0.1) is 0 Å². The highest BCUT2D eigenvalue weighted by Gasteiger charge is 2.30. The van der Waals surface area contributed by atoms with Gasteiger partial charge in [-0.1, -0.05) is 36.1 Å². The van der Waals surface area contributed by atoms with Crippen LogP contribution in [0, 0.1) is 23.1 Å². The van der Waals surface area contributed by atoms with Crippen LogP contribution in [0.5, 0.6) is 0 Å². The molecule has 1 fully saturated rings. The van der Waals surface area contributed by atoms with Crippen LogP contribution in [-0.4, -0.2) is 40.9 Å². The summed E-state index contributed by atoms with van der Waals surface area (Å²) in [5, 5.41) is 6.38. The predicted octanol–water partition coefficient (Wildman–Crippen LogP) is 4.98. The predicted molar refractivity (Wildman–Crippen MR) is 130 cm³/mol. The van der Waals surface area contributed by atoms with Crippen molar-refractivity contribution in [2.24, 2.45) is 5.41 Å². The van der Waals surface area contributed by atoms with Crippen LogP contribution in [0.4, 0.5) is 21.6 Å². The maximum Gasteiger partial charge on any atom is 0.247 e. The highest BCUT2D eigenvalue weighted by Crippen LogP contribution is 2.32. The van der Waals surface area contributed by atoms with Gasteiger partial charge in [-0.05, 0) is 57.3 Å². The lowest BCUT2D eigenvalue weighted by molar-refractivity contribution is -0.111. The van der Waals surface area contributed by atoms with E-state index in [0.717, 1.165) is 19.5 Å². The van der Waals surface area contributed by atoms with E-state index in [-0.39, 0.29) is 22.0 Å². The molecule has 8 heteroatoms. The van der Waals surface area contributed by atoms with Crippen LogP contribution >= 0.6 is 11.6 Å². The van der Waals surface area contributed by atoms with Gasteiger partial charge >= 0.3 is 0 Å². The van der Waals surface area contributed by atoms with Gasteiger partial charge in [-0.2, -0.15) is 0 Å². The van der Waals surface area contributed by atoms with E-state index in [4.69, 9.17) is 11.6 Å². The lowest BCUT2D eigenvalue weighted by Crippen LogP contribution is -2.20. The molecule has 6 nitrogen and oxygen atoms in total. The Hall–Kier alpha value is -3.47. The molecule has 0 aliphatic carbocycles. The summed E-state index contributed by atoms with van der Waals surface area (Å²) in [5.74, 6) is 6.05. The summed E-state index contributed by atoms with van der Waals surface area (Å²) >= 11 is 5.90. The van der Waals surface area contributed by atoms with Gasteiger partial charge in [0.15, 0.2) is 5.82 Å². The van der Waals surface area contributed by atoms with E-state index in [0.29, 0.717) is 28.0 Å². The first-order valence-corrected chi connectivity index (χ1v) is 10.8. The van der Waals surface area contributed by atoms with E-state index >= 15 is 0 Å². The van der Waals surface area contributed by atoms with Crippen molar-refractivity contribution in [1.82, 2.24) is 14.9 Å². The van der Waals surface area contributed by atoms with Crippen LogP contribution in [0.15, 0.2) is 49.3 Å². The van der Waals surface area contributed by atoms with E-state index in [9.17, 15) is 9.18 Å². The number of anilines is 3. The summed E-state index contributed by atoms with van der Waals surface area (Å²) in [6.45, 7) is 7.53. The lowest BCUT2D eigenvalue weighted by Gasteiger charge is -2.16. The number of amides is 1. The average Bonchev–Trinajstić information content (AvgIpc) is 3.14. The lowest BCUT2D eigenvalue weighted by atomic mass is 9.90. The van der Waals surface area contributed by atoms with Gasteiger partial charge in [0.05, 0.1) is 27.5 Å². The number of nitrogens with zero attached hydrogens (tertiary/aromatic N) is 3. The minimum Gasteiger partial charge on any atom is -0.337 e. The summed E-state index contributed by atoms with van der Waals surface area (Å²) < 4.78 is 14.4. The van der Waals surface area contributed by atoms with Gasteiger partial charge in [0.2, 0.25) is 5.91 Å². The molecule has 3 aromatic rings. The van der Waals surface area contributed by atoms with E-state index in [1.165, 1.54) is 18.5 Å². The number of likely N-dealkylation sites (tertiary alicyclic amines) is 1. The Morgan fingerprint density at radius 1 is 1.33 bits per heavy atom. The van der Waals surface area contributed by atoms with E-state index in [1.807, 2.05) is 0 Å². The number of halogens is 2. The van der Waals surface area contributed by atoms with Crippen molar-refractivity contribution >= 4 is 45.6 Å². The molecule has 2 N–H and O–H groups in total. The number of carbonyl (C=O) groups excluding carboxylic acids is 1. The van der Waals surface area contributed by atoms with Crippen molar-refractivity contribution in [3.63, 3.8) is 0 Å². The van der Waals surface area contributed by atoms with Crippen LogP contribution in [0.3, 0.4) is 0 Å². The molecular weight excluding hydrogens is 441 g/mol. The van der Waals surface area contributed by atoms with Gasteiger partial charge in [-0.25, -0.2) is 14.4 Å². The number of aromatic nitrogens is 2. The third kappa shape index (κ3) is 4.98. The largest absolute Gasteiger partial charge is 0.337 e. The Bertz CT molecular complexity index is 1320. The monoisotopic (exact) mass is 463 g/mol. The van der Waals surface area contributed by atoms with Crippen molar-refractivity contribution in [3.05, 3.63) is 65.7 Å². The molecule has 0 spiro atoms. The molecule has 1 amide bonds. The number of fused-ring (bicyclic) bond motifs is 1. The molecule has 0 saturated carbocycles. The number of benzene rings is 2. The molecule has 2 aromatic carbocycles. The maximum atomic E-state index is 14.4. The Labute approximate surface area is 196 Å². The normalized spacial score (nSPS) is 17.9. The van der Waals surface area contributed by atoms with Gasteiger partial charge in [0, 0.05) is 17.3 Å². The molecule has 1 aliphatic rings. The SMILES string of the molecule is C=CC(=O)Nc1cc2c(Nc3cccc(Cl)c3F)ncnc2cc1C#CC1(C)CCN(C)C1. The number of rotatable bonds is 4. The van der Waals surface area contributed by atoms with Crippen molar-refractivity contribution in [1.29, 1.82) is 0 Å². The molecule has 1 aliphatic heterocycles. The van der Waals surface area contributed by atoms with E-state index in [1.54, 1.807) is 24.3 Å². The molecule has 0 radical (unpaired) electrons. The highest BCUT2D eigenvalue weighted by molar-refractivity contribution is 6.31. The summed E-state index contributed by atoms with van der Waals surface area (Å²) in [4.78, 5) is 23.0. The molecular formula is C25H23ClFN5O. The van der Waals surface area contributed by atoms with E-state index in [2.05, 4.69) is 57.9 Å². The topological polar surface area (TPSA) is 70.1 Å². The van der Waals surface area contributed by atoms with Gasteiger partial charge in [-0.3, -0.25) is 4.79 Å². The fourth-order valence-electron chi connectivity index (χ4n) is 3.83. The molecule has 1 saturated heterocycles. The number of hydrogen-bond acceptors (Lipinski definition) is 5. The van der Waals surface area contributed by atoms with Crippen LogP contribution in [0.1, 0.15) is 18.9 Å². The van der Waals surface area contributed by atoms with Crippen LogP contribution in [-0.2, 0) is 4.79 Å². The quantitative estimate of drug-likeness (QED) is 0.421. The molecule has 33 heavy (non-hydrogen) atoms. The van der Waals surface area contributed by atoms with Crippen molar-refractivity contribution in [2.75, 3.05) is 30.8 Å². The zero-order valence-electron chi connectivity index (χ0n) is 18.4. The standard InChI is InChI=1S/C25H23ClFN5O/c1-4-22(33)30-20-13-17-21(12-16(20)8-9-25(2)10-11-32(3)14-25)28-15-29-24(17)31-19-7-5-6-18(26)23(19)27/h4-7,12-13,15H,1,10-11,14H2,2-3H3,(H,30,33)(H,28,29,31). The van der Waals surface area contributed by atoms with Crippen LogP contribution < -0.4 is 10.6 Å². The average molecular weight is 464 g/mol. The summed E-state index contributed by atoms with van der Waals surface area (Å²) in [6, 6.07) is 8.20. The van der Waals surface area contributed by atoms with Gasteiger partial charge < -0.3 is 15.5 Å². The zero-order valence-corrected chi connectivity index (χ0v) is 19.1. The van der Waals surface area contributed by atoms with Crippen molar-refractivity contribution in [2.45, 2.75) is 13.3 Å². The van der Waals surface area contributed by atoms with Crippen molar-refractivity contribution in [3.8, 4) is 11.8 Å². The number of carbonyl (C=O) groups is 1. The molecule has 0 bridgehead atoms. The highest BCUT2D eigenvalue weighted by atomic mass is 35.5. The zero-order chi connectivity index (χ0) is 23.6.